The lowest BCUT2D eigenvalue weighted by molar-refractivity contribution is -0.140. The molecule has 2 aromatic carbocycles. The standard InChI is InChI=1S/C24H32N2O3/c1-6-18(3)25-24(28)19(4)26(16-20-10-12-22(29-5)13-11-20)23(27)15-21-9-7-8-17(2)14-21/h7-14,18-19H,6,15-16H2,1-5H3,(H,25,28)/t18-,19-/m0/s1. The van der Waals surface area contributed by atoms with E-state index in [1.54, 1.807) is 18.9 Å². The van der Waals surface area contributed by atoms with Gasteiger partial charge in [-0.25, -0.2) is 0 Å². The van der Waals surface area contributed by atoms with E-state index in [0.29, 0.717) is 6.54 Å². The van der Waals surface area contributed by atoms with Gasteiger partial charge in [0.15, 0.2) is 0 Å². The summed E-state index contributed by atoms with van der Waals surface area (Å²) in [5.41, 5.74) is 3.01. The van der Waals surface area contributed by atoms with Gasteiger partial charge in [0.1, 0.15) is 11.8 Å². The van der Waals surface area contributed by atoms with Crippen molar-refractivity contribution in [2.45, 2.75) is 59.2 Å². The maximum absolute atomic E-state index is 13.2. The second-order valence-corrected chi connectivity index (χ2v) is 7.53. The Kier molecular flexibility index (Phi) is 8.25. The van der Waals surface area contributed by atoms with Crippen LogP contribution in [0.5, 0.6) is 5.75 Å². The van der Waals surface area contributed by atoms with E-state index < -0.39 is 6.04 Å². The molecule has 2 aromatic rings. The third-order valence-corrected chi connectivity index (χ3v) is 5.12. The highest BCUT2D eigenvalue weighted by atomic mass is 16.5. The van der Waals surface area contributed by atoms with Crippen molar-refractivity contribution in [3.05, 3.63) is 65.2 Å². The fourth-order valence-electron chi connectivity index (χ4n) is 3.07. The molecule has 2 rings (SSSR count). The number of hydrogen-bond donors (Lipinski definition) is 1. The lowest BCUT2D eigenvalue weighted by Gasteiger charge is -2.30. The zero-order valence-corrected chi connectivity index (χ0v) is 18.1. The topological polar surface area (TPSA) is 58.6 Å². The second kappa shape index (κ2) is 10.6. The molecule has 5 nitrogen and oxygen atoms in total. The molecule has 0 spiro atoms. The van der Waals surface area contributed by atoms with Gasteiger partial charge < -0.3 is 15.0 Å². The quantitative estimate of drug-likeness (QED) is 0.700. The van der Waals surface area contributed by atoms with Crippen molar-refractivity contribution in [2.75, 3.05) is 7.11 Å². The maximum atomic E-state index is 13.2. The number of nitrogens with one attached hydrogen (secondary N) is 1. The zero-order chi connectivity index (χ0) is 21.4. The molecule has 0 aliphatic carbocycles. The Labute approximate surface area is 174 Å². The summed E-state index contributed by atoms with van der Waals surface area (Å²) in [7, 11) is 1.62. The van der Waals surface area contributed by atoms with E-state index in [9.17, 15) is 9.59 Å². The third-order valence-electron chi connectivity index (χ3n) is 5.12. The number of carbonyl (C=O) groups is 2. The maximum Gasteiger partial charge on any atom is 0.242 e. The summed E-state index contributed by atoms with van der Waals surface area (Å²) in [4.78, 5) is 27.6. The molecule has 0 aliphatic rings. The highest BCUT2D eigenvalue weighted by Gasteiger charge is 2.26. The monoisotopic (exact) mass is 396 g/mol. The highest BCUT2D eigenvalue weighted by Crippen LogP contribution is 2.16. The lowest BCUT2D eigenvalue weighted by Crippen LogP contribution is -2.49. The van der Waals surface area contributed by atoms with Gasteiger partial charge in [-0.15, -0.1) is 0 Å². The Morgan fingerprint density at radius 2 is 1.76 bits per heavy atom. The van der Waals surface area contributed by atoms with Crippen LogP contribution in [0.1, 0.15) is 43.9 Å². The van der Waals surface area contributed by atoms with E-state index >= 15 is 0 Å². The molecule has 2 atom stereocenters. The summed E-state index contributed by atoms with van der Waals surface area (Å²) in [6.07, 6.45) is 1.10. The Bertz CT molecular complexity index is 817. The Morgan fingerprint density at radius 1 is 1.07 bits per heavy atom. The fraction of sp³-hybridized carbons (Fsp3) is 0.417. The van der Waals surface area contributed by atoms with Crippen molar-refractivity contribution in [1.82, 2.24) is 10.2 Å². The minimum Gasteiger partial charge on any atom is -0.497 e. The fourth-order valence-corrected chi connectivity index (χ4v) is 3.07. The number of carbonyl (C=O) groups excluding carboxylic acids is 2. The van der Waals surface area contributed by atoms with Crippen LogP contribution in [-0.2, 0) is 22.6 Å². The van der Waals surface area contributed by atoms with E-state index in [0.717, 1.165) is 28.9 Å². The summed E-state index contributed by atoms with van der Waals surface area (Å²) in [5.74, 6) is 0.553. The second-order valence-electron chi connectivity index (χ2n) is 7.53. The molecule has 156 valence electrons. The first kappa shape index (κ1) is 22.5. The van der Waals surface area contributed by atoms with Crippen LogP contribution in [0.4, 0.5) is 0 Å². The molecule has 0 aromatic heterocycles. The van der Waals surface area contributed by atoms with Gasteiger partial charge in [-0.2, -0.15) is 0 Å². The van der Waals surface area contributed by atoms with Gasteiger partial charge in [-0.05, 0) is 50.5 Å². The van der Waals surface area contributed by atoms with Crippen LogP contribution in [0.2, 0.25) is 0 Å². The lowest BCUT2D eigenvalue weighted by atomic mass is 10.1. The van der Waals surface area contributed by atoms with Gasteiger partial charge in [0.2, 0.25) is 11.8 Å². The first-order chi connectivity index (χ1) is 13.8. The van der Waals surface area contributed by atoms with Crippen molar-refractivity contribution in [1.29, 1.82) is 0 Å². The average molecular weight is 397 g/mol. The summed E-state index contributed by atoms with van der Waals surface area (Å²) in [6, 6.07) is 15.0. The van der Waals surface area contributed by atoms with Gasteiger partial charge in [0.25, 0.3) is 0 Å². The molecule has 0 unspecified atom stereocenters. The van der Waals surface area contributed by atoms with E-state index in [1.807, 2.05) is 69.3 Å². The summed E-state index contributed by atoms with van der Waals surface area (Å²) >= 11 is 0. The summed E-state index contributed by atoms with van der Waals surface area (Å²) in [6.45, 7) is 8.14. The molecule has 2 amide bonds. The van der Waals surface area contributed by atoms with Crippen LogP contribution in [-0.4, -0.2) is 35.9 Å². The van der Waals surface area contributed by atoms with Crippen molar-refractivity contribution in [3.8, 4) is 5.75 Å². The number of methoxy groups -OCH3 is 1. The molecular formula is C24H32N2O3. The van der Waals surface area contributed by atoms with Crippen LogP contribution in [0, 0.1) is 6.92 Å². The third kappa shape index (κ3) is 6.63. The molecule has 0 aliphatic heterocycles. The Hall–Kier alpha value is -2.82. The van der Waals surface area contributed by atoms with E-state index in [-0.39, 0.29) is 24.3 Å². The minimum atomic E-state index is -0.566. The number of hydrogen-bond acceptors (Lipinski definition) is 3. The smallest absolute Gasteiger partial charge is 0.242 e. The highest BCUT2D eigenvalue weighted by molar-refractivity contribution is 5.88. The van der Waals surface area contributed by atoms with Crippen LogP contribution >= 0.6 is 0 Å². The number of amides is 2. The van der Waals surface area contributed by atoms with Crippen LogP contribution in [0.15, 0.2) is 48.5 Å². The van der Waals surface area contributed by atoms with Crippen LogP contribution in [0.25, 0.3) is 0 Å². The molecule has 1 N–H and O–H groups in total. The summed E-state index contributed by atoms with van der Waals surface area (Å²) in [5, 5.41) is 2.99. The molecule has 0 fully saturated rings. The van der Waals surface area contributed by atoms with E-state index in [4.69, 9.17) is 4.74 Å². The Morgan fingerprint density at radius 3 is 2.34 bits per heavy atom. The van der Waals surface area contributed by atoms with Crippen molar-refractivity contribution >= 4 is 11.8 Å². The normalized spacial score (nSPS) is 12.7. The molecule has 0 heterocycles. The molecule has 5 heteroatoms. The van der Waals surface area contributed by atoms with Crippen molar-refractivity contribution in [2.24, 2.45) is 0 Å². The zero-order valence-electron chi connectivity index (χ0n) is 18.1. The van der Waals surface area contributed by atoms with Gasteiger partial charge in [-0.3, -0.25) is 9.59 Å². The number of rotatable bonds is 9. The van der Waals surface area contributed by atoms with Crippen molar-refractivity contribution < 1.29 is 14.3 Å². The van der Waals surface area contributed by atoms with Gasteiger partial charge in [0, 0.05) is 12.6 Å². The van der Waals surface area contributed by atoms with Crippen LogP contribution in [0.3, 0.4) is 0 Å². The predicted octanol–water partition coefficient (Wildman–Crippen LogP) is 3.88. The minimum absolute atomic E-state index is 0.0691. The molecule has 0 radical (unpaired) electrons. The number of aryl methyl sites for hydroxylation is 1. The molecule has 29 heavy (non-hydrogen) atoms. The summed E-state index contributed by atoms with van der Waals surface area (Å²) < 4.78 is 5.21. The largest absolute Gasteiger partial charge is 0.497 e. The number of nitrogens with zero attached hydrogens (tertiary/aromatic N) is 1. The predicted molar refractivity (Wildman–Crippen MR) is 116 cm³/mol. The molecular weight excluding hydrogens is 364 g/mol. The SMILES string of the molecule is CC[C@H](C)NC(=O)[C@H](C)N(Cc1ccc(OC)cc1)C(=O)Cc1cccc(C)c1. The molecule has 0 bridgehead atoms. The van der Waals surface area contributed by atoms with Crippen molar-refractivity contribution in [3.63, 3.8) is 0 Å². The van der Waals surface area contributed by atoms with Gasteiger partial charge >= 0.3 is 0 Å². The van der Waals surface area contributed by atoms with Crippen LogP contribution < -0.4 is 10.1 Å². The Balaban J connectivity index is 2.22. The first-order valence-electron chi connectivity index (χ1n) is 10.1. The molecule has 0 saturated heterocycles. The number of ether oxygens (including phenoxy) is 1. The van der Waals surface area contributed by atoms with Gasteiger partial charge in [0.05, 0.1) is 13.5 Å². The van der Waals surface area contributed by atoms with Gasteiger partial charge in [-0.1, -0.05) is 48.9 Å². The first-order valence-corrected chi connectivity index (χ1v) is 10.1. The molecule has 0 saturated carbocycles. The van der Waals surface area contributed by atoms with E-state index in [2.05, 4.69) is 5.32 Å². The van der Waals surface area contributed by atoms with E-state index in [1.165, 1.54) is 0 Å². The number of benzene rings is 2. The average Bonchev–Trinajstić information content (AvgIpc) is 2.71.